The Morgan fingerprint density at radius 1 is 1.09 bits per heavy atom. The number of anilines is 1. The van der Waals surface area contributed by atoms with Crippen LogP contribution in [0.15, 0.2) is 71.3 Å². The van der Waals surface area contributed by atoms with Crippen molar-refractivity contribution in [2.75, 3.05) is 24.5 Å². The molecule has 0 saturated carbocycles. The SMILES string of the molecule is C[C@@H]1CN(c2nc3ccccc3c3nnc(-c4ccco4)n23)CCN1Cc1cccc([N+](=O)[O-])c1. The topological polar surface area (TPSA) is 106 Å². The van der Waals surface area contributed by atoms with E-state index in [0.717, 1.165) is 47.7 Å². The molecule has 1 atom stereocenters. The molecule has 6 rings (SSSR count). The second-order valence-electron chi connectivity index (χ2n) is 8.78. The zero-order chi connectivity index (χ0) is 23.9. The summed E-state index contributed by atoms with van der Waals surface area (Å²) in [5, 5.41) is 21.0. The van der Waals surface area contributed by atoms with Crippen LogP contribution in [-0.2, 0) is 6.54 Å². The molecule has 0 amide bonds. The molecule has 176 valence electrons. The molecule has 10 heteroatoms. The number of benzene rings is 2. The number of nitro groups is 1. The maximum atomic E-state index is 11.2. The van der Waals surface area contributed by atoms with Gasteiger partial charge in [-0.25, -0.2) is 9.38 Å². The molecule has 35 heavy (non-hydrogen) atoms. The van der Waals surface area contributed by atoms with Gasteiger partial charge in [-0.15, -0.1) is 10.2 Å². The lowest BCUT2D eigenvalue weighted by Gasteiger charge is -2.40. The lowest BCUT2D eigenvalue weighted by atomic mass is 10.1. The number of nitrogens with zero attached hydrogens (tertiary/aromatic N) is 7. The van der Waals surface area contributed by atoms with Gasteiger partial charge in [0.2, 0.25) is 11.8 Å². The van der Waals surface area contributed by atoms with Crippen molar-refractivity contribution in [1.29, 1.82) is 0 Å². The number of fused-ring (bicyclic) bond motifs is 3. The fourth-order valence-electron chi connectivity index (χ4n) is 4.76. The zero-order valence-electron chi connectivity index (χ0n) is 19.1. The second-order valence-corrected chi connectivity index (χ2v) is 8.78. The average molecular weight is 470 g/mol. The molecular weight excluding hydrogens is 446 g/mol. The third kappa shape index (κ3) is 3.77. The Kier molecular flexibility index (Phi) is 5.14. The minimum atomic E-state index is -0.350. The first kappa shape index (κ1) is 21.2. The largest absolute Gasteiger partial charge is 0.461 e. The first-order valence-electron chi connectivity index (χ1n) is 11.5. The van der Waals surface area contributed by atoms with Gasteiger partial charge in [0.05, 0.1) is 16.7 Å². The first-order chi connectivity index (χ1) is 17.1. The Hall–Kier alpha value is -4.31. The molecule has 0 aliphatic carbocycles. The van der Waals surface area contributed by atoms with Crippen LogP contribution in [0.5, 0.6) is 0 Å². The molecular formula is C25H23N7O3. The molecule has 10 nitrogen and oxygen atoms in total. The summed E-state index contributed by atoms with van der Waals surface area (Å²) < 4.78 is 7.62. The highest BCUT2D eigenvalue weighted by atomic mass is 16.6. The van der Waals surface area contributed by atoms with Crippen LogP contribution in [0, 0.1) is 10.1 Å². The van der Waals surface area contributed by atoms with E-state index in [-0.39, 0.29) is 16.7 Å². The fraction of sp³-hybridized carbons (Fsp3) is 0.240. The number of rotatable bonds is 5. The van der Waals surface area contributed by atoms with E-state index in [0.29, 0.717) is 18.1 Å². The lowest BCUT2D eigenvalue weighted by Crippen LogP contribution is -2.52. The summed E-state index contributed by atoms with van der Waals surface area (Å²) in [5.41, 5.74) is 2.66. The first-order valence-corrected chi connectivity index (χ1v) is 11.5. The quantitative estimate of drug-likeness (QED) is 0.279. The van der Waals surface area contributed by atoms with Gasteiger partial charge in [-0.05, 0) is 36.8 Å². The Balaban J connectivity index is 1.34. The minimum absolute atomic E-state index is 0.120. The molecule has 1 saturated heterocycles. The molecule has 1 fully saturated rings. The van der Waals surface area contributed by atoms with Gasteiger partial charge >= 0.3 is 0 Å². The van der Waals surface area contributed by atoms with Crippen molar-refractivity contribution in [3.63, 3.8) is 0 Å². The van der Waals surface area contributed by atoms with E-state index in [2.05, 4.69) is 26.9 Å². The van der Waals surface area contributed by atoms with E-state index in [1.165, 1.54) is 6.07 Å². The number of hydrogen-bond donors (Lipinski definition) is 0. The molecule has 0 bridgehead atoms. The highest BCUT2D eigenvalue weighted by Gasteiger charge is 2.28. The molecule has 0 radical (unpaired) electrons. The van der Waals surface area contributed by atoms with Crippen LogP contribution in [0.1, 0.15) is 12.5 Å². The molecule has 1 aliphatic rings. The molecule has 0 unspecified atom stereocenters. The van der Waals surface area contributed by atoms with E-state index < -0.39 is 0 Å². The van der Waals surface area contributed by atoms with Gasteiger partial charge in [0, 0.05) is 49.7 Å². The number of aromatic nitrogens is 4. The summed E-state index contributed by atoms with van der Waals surface area (Å²) in [5.74, 6) is 2.02. The van der Waals surface area contributed by atoms with Crippen LogP contribution in [0.4, 0.5) is 11.6 Å². The molecule has 3 aromatic heterocycles. The molecule has 4 heterocycles. The summed E-state index contributed by atoms with van der Waals surface area (Å²) >= 11 is 0. The van der Waals surface area contributed by atoms with Crippen molar-refractivity contribution in [2.45, 2.75) is 19.5 Å². The van der Waals surface area contributed by atoms with E-state index in [1.54, 1.807) is 18.4 Å². The summed E-state index contributed by atoms with van der Waals surface area (Å²) in [6.45, 7) is 5.10. The predicted molar refractivity (Wildman–Crippen MR) is 131 cm³/mol. The van der Waals surface area contributed by atoms with Gasteiger partial charge in [0.25, 0.3) is 5.69 Å². The highest BCUT2D eigenvalue weighted by Crippen LogP contribution is 2.30. The smallest absolute Gasteiger partial charge is 0.269 e. The van der Waals surface area contributed by atoms with Crippen molar-refractivity contribution < 1.29 is 9.34 Å². The summed E-state index contributed by atoms with van der Waals surface area (Å²) in [6, 6.07) is 18.7. The second kappa shape index (κ2) is 8.48. The maximum Gasteiger partial charge on any atom is 0.269 e. The van der Waals surface area contributed by atoms with Gasteiger partial charge in [-0.1, -0.05) is 24.3 Å². The average Bonchev–Trinajstić information content (AvgIpc) is 3.55. The lowest BCUT2D eigenvalue weighted by molar-refractivity contribution is -0.384. The third-order valence-electron chi connectivity index (χ3n) is 6.52. The normalized spacial score (nSPS) is 16.8. The summed E-state index contributed by atoms with van der Waals surface area (Å²) in [6.07, 6.45) is 1.62. The van der Waals surface area contributed by atoms with Crippen molar-refractivity contribution in [3.05, 3.63) is 82.6 Å². The fourth-order valence-corrected chi connectivity index (χ4v) is 4.76. The van der Waals surface area contributed by atoms with E-state index in [4.69, 9.17) is 9.40 Å². The zero-order valence-corrected chi connectivity index (χ0v) is 19.1. The molecule has 2 aromatic carbocycles. The third-order valence-corrected chi connectivity index (χ3v) is 6.52. The van der Waals surface area contributed by atoms with Crippen molar-refractivity contribution in [3.8, 4) is 11.6 Å². The van der Waals surface area contributed by atoms with E-state index in [1.807, 2.05) is 46.9 Å². The number of hydrogen-bond acceptors (Lipinski definition) is 8. The van der Waals surface area contributed by atoms with Crippen LogP contribution in [0.2, 0.25) is 0 Å². The Labute approximate surface area is 200 Å². The van der Waals surface area contributed by atoms with Gasteiger partial charge in [0.1, 0.15) is 0 Å². The Bertz CT molecular complexity index is 1530. The van der Waals surface area contributed by atoms with Gasteiger partial charge < -0.3 is 9.32 Å². The molecule has 0 N–H and O–H groups in total. The van der Waals surface area contributed by atoms with Crippen LogP contribution in [0.3, 0.4) is 0 Å². The van der Waals surface area contributed by atoms with Gasteiger partial charge in [-0.3, -0.25) is 15.0 Å². The predicted octanol–water partition coefficient (Wildman–Crippen LogP) is 4.16. The van der Waals surface area contributed by atoms with Crippen molar-refractivity contribution >= 4 is 28.2 Å². The van der Waals surface area contributed by atoms with Crippen LogP contribution >= 0.6 is 0 Å². The van der Waals surface area contributed by atoms with E-state index >= 15 is 0 Å². The van der Waals surface area contributed by atoms with E-state index in [9.17, 15) is 10.1 Å². The van der Waals surface area contributed by atoms with Crippen molar-refractivity contribution in [2.24, 2.45) is 0 Å². The molecule has 5 aromatic rings. The van der Waals surface area contributed by atoms with Gasteiger partial charge in [-0.2, -0.15) is 0 Å². The van der Waals surface area contributed by atoms with Crippen LogP contribution in [0.25, 0.3) is 28.1 Å². The number of nitro benzene ring substituents is 1. The number of para-hydroxylation sites is 1. The maximum absolute atomic E-state index is 11.2. The Morgan fingerprint density at radius 3 is 2.77 bits per heavy atom. The highest BCUT2D eigenvalue weighted by molar-refractivity contribution is 5.93. The van der Waals surface area contributed by atoms with Crippen LogP contribution in [-0.4, -0.2) is 55.1 Å². The molecule has 1 aliphatic heterocycles. The number of furan rings is 1. The molecule has 0 spiro atoms. The number of piperazine rings is 1. The van der Waals surface area contributed by atoms with Crippen LogP contribution < -0.4 is 4.90 Å². The monoisotopic (exact) mass is 469 g/mol. The number of non-ortho nitro benzene ring substituents is 1. The van der Waals surface area contributed by atoms with Crippen molar-refractivity contribution in [1.82, 2.24) is 24.5 Å². The summed E-state index contributed by atoms with van der Waals surface area (Å²) in [7, 11) is 0. The van der Waals surface area contributed by atoms with Gasteiger partial charge in [0.15, 0.2) is 11.4 Å². The minimum Gasteiger partial charge on any atom is -0.461 e. The Morgan fingerprint density at radius 2 is 1.97 bits per heavy atom. The standard InChI is InChI=1S/C25H23N7O3/c1-17-15-30(12-11-29(17)16-18-6-4-7-19(14-18)32(33)34)25-26-21-9-3-2-8-20(21)23-27-28-24(31(23)25)22-10-5-13-35-22/h2-10,13-14,17H,11-12,15-16H2,1H3/t17-/m1/s1. The summed E-state index contributed by atoms with van der Waals surface area (Å²) in [4.78, 5) is 20.4.